The van der Waals surface area contributed by atoms with E-state index in [1.54, 1.807) is 12.1 Å². The summed E-state index contributed by atoms with van der Waals surface area (Å²) in [6.45, 7) is 3.82. The van der Waals surface area contributed by atoms with Crippen LogP contribution in [-0.4, -0.2) is 33.7 Å². The van der Waals surface area contributed by atoms with Crippen molar-refractivity contribution in [2.45, 2.75) is 26.4 Å². The molecule has 0 radical (unpaired) electrons. The SMILES string of the molecule is COc1ccc(N([C@H](C)C(=O)NCc2ccc(C)cc2)S(C)(=O)=O)cc1Cl. The molecule has 6 nitrogen and oxygen atoms in total. The number of sulfonamides is 1. The van der Waals surface area contributed by atoms with Crippen LogP contribution in [0.25, 0.3) is 0 Å². The summed E-state index contributed by atoms with van der Waals surface area (Å²) < 4.78 is 30.8. The highest BCUT2D eigenvalue weighted by Gasteiger charge is 2.29. The second kappa shape index (κ2) is 8.63. The topological polar surface area (TPSA) is 75.7 Å². The van der Waals surface area contributed by atoms with E-state index < -0.39 is 22.0 Å². The van der Waals surface area contributed by atoms with Crippen molar-refractivity contribution in [2.24, 2.45) is 0 Å². The minimum atomic E-state index is -3.71. The van der Waals surface area contributed by atoms with Gasteiger partial charge in [-0.05, 0) is 37.6 Å². The Morgan fingerprint density at radius 2 is 1.85 bits per heavy atom. The summed E-state index contributed by atoms with van der Waals surface area (Å²) in [5.74, 6) is 0.0123. The van der Waals surface area contributed by atoms with Gasteiger partial charge in [-0.15, -0.1) is 0 Å². The lowest BCUT2D eigenvalue weighted by atomic mass is 10.1. The lowest BCUT2D eigenvalue weighted by Crippen LogP contribution is -2.47. The lowest BCUT2D eigenvalue weighted by Gasteiger charge is -2.28. The van der Waals surface area contributed by atoms with Gasteiger partial charge in [-0.25, -0.2) is 8.42 Å². The molecule has 0 aliphatic heterocycles. The van der Waals surface area contributed by atoms with Crippen LogP contribution in [0.2, 0.25) is 5.02 Å². The zero-order valence-electron chi connectivity index (χ0n) is 15.7. The largest absolute Gasteiger partial charge is 0.495 e. The van der Waals surface area contributed by atoms with Crippen molar-refractivity contribution in [1.29, 1.82) is 0 Å². The fraction of sp³-hybridized carbons (Fsp3) is 0.316. The molecule has 0 fully saturated rings. The van der Waals surface area contributed by atoms with Crippen LogP contribution in [0.4, 0.5) is 5.69 Å². The molecule has 0 aromatic heterocycles. The molecule has 2 rings (SSSR count). The summed E-state index contributed by atoms with van der Waals surface area (Å²) in [4.78, 5) is 12.6. The van der Waals surface area contributed by atoms with Gasteiger partial charge in [0.2, 0.25) is 15.9 Å². The summed E-state index contributed by atoms with van der Waals surface area (Å²) >= 11 is 6.11. The maximum atomic E-state index is 12.6. The van der Waals surface area contributed by atoms with E-state index in [0.717, 1.165) is 21.7 Å². The van der Waals surface area contributed by atoms with Gasteiger partial charge in [0.05, 0.1) is 24.1 Å². The number of halogens is 1. The van der Waals surface area contributed by atoms with Gasteiger partial charge in [0.25, 0.3) is 0 Å². The number of anilines is 1. The fourth-order valence-electron chi connectivity index (χ4n) is 2.64. The second-order valence-electron chi connectivity index (χ2n) is 6.26. The molecule has 0 saturated heterocycles. The third-order valence-electron chi connectivity index (χ3n) is 4.07. The first-order chi connectivity index (χ1) is 12.6. The molecule has 0 aliphatic carbocycles. The number of methoxy groups -OCH3 is 1. The summed E-state index contributed by atoms with van der Waals surface area (Å²) in [7, 11) is -2.25. The first-order valence-electron chi connectivity index (χ1n) is 8.29. The van der Waals surface area contributed by atoms with Crippen molar-refractivity contribution >= 4 is 33.2 Å². The van der Waals surface area contributed by atoms with E-state index in [1.807, 2.05) is 31.2 Å². The molecule has 2 aromatic carbocycles. The maximum absolute atomic E-state index is 12.6. The lowest BCUT2D eigenvalue weighted by molar-refractivity contribution is -0.122. The Morgan fingerprint density at radius 3 is 2.37 bits per heavy atom. The van der Waals surface area contributed by atoms with Crippen LogP contribution in [0.5, 0.6) is 5.75 Å². The van der Waals surface area contributed by atoms with Crippen LogP contribution in [0.1, 0.15) is 18.1 Å². The number of ether oxygens (including phenoxy) is 1. The molecule has 146 valence electrons. The molecule has 8 heteroatoms. The first kappa shape index (κ1) is 21.1. The third-order valence-corrected chi connectivity index (χ3v) is 5.60. The van der Waals surface area contributed by atoms with Gasteiger partial charge in [-0.2, -0.15) is 0 Å². The molecule has 1 N–H and O–H groups in total. The van der Waals surface area contributed by atoms with Crippen LogP contribution in [0.3, 0.4) is 0 Å². The standard InChI is InChI=1S/C19H23ClN2O4S/c1-13-5-7-15(8-6-13)12-21-19(23)14(2)22(27(4,24)25)16-9-10-18(26-3)17(20)11-16/h5-11,14H,12H2,1-4H3,(H,21,23)/t14-/m1/s1. The van der Waals surface area contributed by atoms with Crippen molar-refractivity contribution in [3.63, 3.8) is 0 Å². The van der Waals surface area contributed by atoms with Gasteiger partial charge >= 0.3 is 0 Å². The number of aryl methyl sites for hydroxylation is 1. The predicted octanol–water partition coefficient (Wildman–Crippen LogP) is 3.13. The maximum Gasteiger partial charge on any atom is 0.243 e. The number of benzene rings is 2. The molecule has 0 heterocycles. The number of nitrogens with one attached hydrogen (secondary N) is 1. The van der Waals surface area contributed by atoms with Crippen molar-refractivity contribution in [2.75, 3.05) is 17.7 Å². The number of nitrogens with zero attached hydrogens (tertiary/aromatic N) is 1. The molecule has 1 atom stereocenters. The molecular weight excluding hydrogens is 388 g/mol. The van der Waals surface area contributed by atoms with E-state index in [1.165, 1.54) is 20.1 Å². The van der Waals surface area contributed by atoms with Crippen LogP contribution in [0, 0.1) is 6.92 Å². The highest BCUT2D eigenvalue weighted by Crippen LogP contribution is 2.31. The van der Waals surface area contributed by atoms with Crippen LogP contribution >= 0.6 is 11.6 Å². The molecule has 27 heavy (non-hydrogen) atoms. The van der Waals surface area contributed by atoms with Crippen molar-refractivity contribution in [1.82, 2.24) is 5.32 Å². The summed E-state index contributed by atoms with van der Waals surface area (Å²) in [5.41, 5.74) is 2.35. The quantitative estimate of drug-likeness (QED) is 0.760. The Labute approximate surface area is 165 Å². The smallest absolute Gasteiger partial charge is 0.243 e. The Hall–Kier alpha value is -2.25. The molecule has 0 unspecified atom stereocenters. The van der Waals surface area contributed by atoms with Crippen molar-refractivity contribution in [3.05, 3.63) is 58.6 Å². The molecule has 2 aromatic rings. The van der Waals surface area contributed by atoms with Gasteiger partial charge < -0.3 is 10.1 Å². The highest BCUT2D eigenvalue weighted by molar-refractivity contribution is 7.92. The third kappa shape index (κ3) is 5.37. The average molecular weight is 411 g/mol. The Morgan fingerprint density at radius 1 is 1.22 bits per heavy atom. The van der Waals surface area contributed by atoms with Crippen LogP contribution in [0.15, 0.2) is 42.5 Å². The van der Waals surface area contributed by atoms with Crippen LogP contribution in [-0.2, 0) is 21.4 Å². The molecule has 0 bridgehead atoms. The van der Waals surface area contributed by atoms with E-state index in [-0.39, 0.29) is 5.02 Å². The Bertz CT molecular complexity index is 914. The van der Waals surface area contributed by atoms with E-state index in [0.29, 0.717) is 18.0 Å². The van der Waals surface area contributed by atoms with Crippen LogP contribution < -0.4 is 14.4 Å². The van der Waals surface area contributed by atoms with E-state index in [2.05, 4.69) is 5.32 Å². The monoisotopic (exact) mass is 410 g/mol. The number of rotatable bonds is 7. The number of hydrogen-bond acceptors (Lipinski definition) is 4. The minimum absolute atomic E-state index is 0.260. The van der Waals surface area contributed by atoms with E-state index >= 15 is 0 Å². The van der Waals surface area contributed by atoms with Gasteiger partial charge in [0.15, 0.2) is 0 Å². The average Bonchev–Trinajstić information content (AvgIpc) is 2.60. The minimum Gasteiger partial charge on any atom is -0.495 e. The second-order valence-corrected chi connectivity index (χ2v) is 8.52. The number of carbonyl (C=O) groups excluding carboxylic acids is 1. The van der Waals surface area contributed by atoms with Crippen molar-refractivity contribution in [3.8, 4) is 5.75 Å². The Kier molecular flexibility index (Phi) is 6.73. The molecule has 0 aliphatic rings. The molecule has 0 saturated carbocycles. The molecule has 1 amide bonds. The van der Waals surface area contributed by atoms with E-state index in [4.69, 9.17) is 16.3 Å². The zero-order valence-corrected chi connectivity index (χ0v) is 17.3. The number of hydrogen-bond donors (Lipinski definition) is 1. The summed E-state index contributed by atoms with van der Waals surface area (Å²) in [6, 6.07) is 11.4. The number of amides is 1. The van der Waals surface area contributed by atoms with Gasteiger partial charge in [0.1, 0.15) is 11.8 Å². The first-order valence-corrected chi connectivity index (χ1v) is 10.5. The fourth-order valence-corrected chi connectivity index (χ4v) is 4.06. The van der Waals surface area contributed by atoms with E-state index in [9.17, 15) is 13.2 Å². The highest BCUT2D eigenvalue weighted by atomic mass is 35.5. The molecule has 0 spiro atoms. The summed E-state index contributed by atoms with van der Waals surface area (Å²) in [5, 5.41) is 3.04. The predicted molar refractivity (Wildman–Crippen MR) is 108 cm³/mol. The van der Waals surface area contributed by atoms with Gasteiger partial charge in [0, 0.05) is 6.54 Å². The van der Waals surface area contributed by atoms with Crippen molar-refractivity contribution < 1.29 is 17.9 Å². The zero-order chi connectivity index (χ0) is 20.2. The summed E-state index contributed by atoms with van der Waals surface area (Å²) in [6.07, 6.45) is 1.05. The van der Waals surface area contributed by atoms with Gasteiger partial charge in [-0.3, -0.25) is 9.10 Å². The van der Waals surface area contributed by atoms with Gasteiger partial charge in [-0.1, -0.05) is 41.4 Å². The molecular formula is C19H23ClN2O4S. The Balaban J connectivity index is 2.21. The normalized spacial score (nSPS) is 12.3. The number of carbonyl (C=O) groups is 1.